The quantitative estimate of drug-likeness (QED) is 0.131. The fourth-order valence-electron chi connectivity index (χ4n) is 4.05. The number of nitrogens with one attached hydrogen (secondary N) is 1. The second-order valence-electron chi connectivity index (χ2n) is 9.48. The lowest BCUT2D eigenvalue weighted by atomic mass is 10.0. The number of methoxy groups -OCH3 is 1. The van der Waals surface area contributed by atoms with Gasteiger partial charge < -0.3 is 20.3 Å². The summed E-state index contributed by atoms with van der Waals surface area (Å²) in [6.07, 6.45) is 17.4. The number of carbonyl (C=O) groups is 4. The molecule has 0 unspecified atom stereocenters. The summed E-state index contributed by atoms with van der Waals surface area (Å²) in [4.78, 5) is 45.7. The lowest BCUT2D eigenvalue weighted by Crippen LogP contribution is -2.41. The summed E-state index contributed by atoms with van der Waals surface area (Å²) in [7, 11) is 1.57. The first-order chi connectivity index (χ1) is 16.9. The van der Waals surface area contributed by atoms with Crippen LogP contribution in [-0.2, 0) is 23.9 Å². The van der Waals surface area contributed by atoms with Gasteiger partial charge in [-0.3, -0.25) is 14.4 Å². The van der Waals surface area contributed by atoms with Crippen molar-refractivity contribution in [3.63, 3.8) is 0 Å². The molecule has 0 aromatic rings. The van der Waals surface area contributed by atoms with Crippen LogP contribution in [0.5, 0.6) is 0 Å². The van der Waals surface area contributed by atoms with Crippen molar-refractivity contribution in [2.24, 2.45) is 0 Å². The van der Waals surface area contributed by atoms with Crippen LogP contribution in [0.3, 0.4) is 0 Å². The number of ketones is 1. The lowest BCUT2D eigenvalue weighted by Gasteiger charge is -2.14. The Balaban J connectivity index is 3.58. The highest BCUT2D eigenvalue weighted by Gasteiger charge is 2.20. The van der Waals surface area contributed by atoms with Crippen LogP contribution in [0.2, 0.25) is 0 Å². The van der Waals surface area contributed by atoms with E-state index in [1.54, 1.807) is 7.11 Å². The predicted molar refractivity (Wildman–Crippen MR) is 136 cm³/mol. The summed E-state index contributed by atoms with van der Waals surface area (Å²) in [6.45, 7) is 0.505. The largest absolute Gasteiger partial charge is 0.481 e. The van der Waals surface area contributed by atoms with Gasteiger partial charge in [-0.15, -0.1) is 0 Å². The highest BCUT2D eigenvalue weighted by atomic mass is 16.5. The number of rotatable bonds is 26. The molecule has 0 saturated heterocycles. The van der Waals surface area contributed by atoms with Gasteiger partial charge in [0.15, 0.2) is 0 Å². The second-order valence-corrected chi connectivity index (χ2v) is 9.48. The van der Waals surface area contributed by atoms with Crippen LogP contribution in [0.15, 0.2) is 0 Å². The van der Waals surface area contributed by atoms with Crippen molar-refractivity contribution in [1.29, 1.82) is 0 Å². The van der Waals surface area contributed by atoms with Crippen molar-refractivity contribution < 1.29 is 34.1 Å². The van der Waals surface area contributed by atoms with Crippen LogP contribution in [-0.4, -0.2) is 53.6 Å². The zero-order valence-corrected chi connectivity index (χ0v) is 21.9. The standard InChI is InChI=1S/C27H49NO7/c1-35-22-16-17-23(29)20-21-24(27(33)34)28-25(30)18-14-12-10-8-6-4-2-3-5-7-9-11-13-15-19-26(31)32/h24H,2-22H2,1H3,(H,28,30)(H,31,32)(H,33,34)/t24-/m0/s1. The third-order valence-corrected chi connectivity index (χ3v) is 6.19. The number of carboxylic acids is 2. The Morgan fingerprint density at radius 3 is 1.51 bits per heavy atom. The van der Waals surface area contributed by atoms with Crippen molar-refractivity contribution in [2.75, 3.05) is 13.7 Å². The molecule has 3 N–H and O–H groups in total. The van der Waals surface area contributed by atoms with E-state index in [1.165, 1.54) is 44.9 Å². The number of ether oxygens (including phenoxy) is 1. The highest BCUT2D eigenvalue weighted by Crippen LogP contribution is 2.14. The van der Waals surface area contributed by atoms with E-state index in [1.807, 2.05) is 0 Å². The minimum absolute atomic E-state index is 0.00693. The van der Waals surface area contributed by atoms with Gasteiger partial charge in [0.1, 0.15) is 11.8 Å². The number of hydrogen-bond donors (Lipinski definition) is 3. The Hall–Kier alpha value is -1.96. The van der Waals surface area contributed by atoms with E-state index < -0.39 is 18.0 Å². The Bertz CT molecular complexity index is 580. The van der Waals surface area contributed by atoms with E-state index in [9.17, 15) is 24.3 Å². The molecule has 1 atom stereocenters. The van der Waals surface area contributed by atoms with E-state index in [4.69, 9.17) is 9.84 Å². The maximum atomic E-state index is 12.1. The predicted octanol–water partition coefficient (Wildman–Crippen LogP) is 5.66. The van der Waals surface area contributed by atoms with Gasteiger partial charge in [-0.05, 0) is 25.7 Å². The number of Topliss-reactive ketones (excluding diaryl/α,β-unsaturated/α-hetero) is 1. The normalized spacial score (nSPS) is 11.8. The number of aliphatic carboxylic acids is 2. The second kappa shape index (κ2) is 23.8. The van der Waals surface area contributed by atoms with Crippen LogP contribution in [0.4, 0.5) is 0 Å². The van der Waals surface area contributed by atoms with Gasteiger partial charge >= 0.3 is 11.9 Å². The summed E-state index contributed by atoms with van der Waals surface area (Å²) in [6, 6.07) is -1.01. The van der Waals surface area contributed by atoms with Crippen LogP contribution in [0.25, 0.3) is 0 Å². The molecule has 0 radical (unpaired) electrons. The molecule has 0 heterocycles. The van der Waals surface area contributed by atoms with E-state index >= 15 is 0 Å². The smallest absolute Gasteiger partial charge is 0.326 e. The van der Waals surface area contributed by atoms with E-state index in [-0.39, 0.29) is 31.0 Å². The molecule has 0 aliphatic heterocycles. The Morgan fingerprint density at radius 2 is 1.09 bits per heavy atom. The molecule has 8 heteroatoms. The number of carboxylic acid groups (broad SMARTS) is 2. The summed E-state index contributed by atoms with van der Waals surface area (Å²) in [5.41, 5.74) is 0. The summed E-state index contributed by atoms with van der Waals surface area (Å²) < 4.78 is 4.90. The first-order valence-electron chi connectivity index (χ1n) is 13.6. The van der Waals surface area contributed by atoms with E-state index in [2.05, 4.69) is 5.32 Å². The summed E-state index contributed by atoms with van der Waals surface area (Å²) >= 11 is 0. The van der Waals surface area contributed by atoms with Crippen LogP contribution in [0, 0.1) is 0 Å². The van der Waals surface area contributed by atoms with Crippen LogP contribution in [0.1, 0.15) is 128 Å². The minimum atomic E-state index is -1.10. The van der Waals surface area contributed by atoms with Gasteiger partial charge in [0, 0.05) is 39.4 Å². The number of unbranched alkanes of at least 4 members (excludes halogenated alkanes) is 13. The average Bonchev–Trinajstić information content (AvgIpc) is 2.81. The number of carbonyl (C=O) groups excluding carboxylic acids is 2. The van der Waals surface area contributed by atoms with Crippen molar-refractivity contribution in [3.05, 3.63) is 0 Å². The van der Waals surface area contributed by atoms with E-state index in [0.717, 1.165) is 44.9 Å². The molecule has 8 nitrogen and oxygen atoms in total. The van der Waals surface area contributed by atoms with Gasteiger partial charge in [0.25, 0.3) is 0 Å². The Labute approximate surface area is 211 Å². The monoisotopic (exact) mass is 499 g/mol. The average molecular weight is 500 g/mol. The molecule has 204 valence electrons. The fraction of sp³-hybridized carbons (Fsp3) is 0.852. The van der Waals surface area contributed by atoms with Crippen LogP contribution >= 0.6 is 0 Å². The first kappa shape index (κ1) is 33.0. The molecule has 0 rings (SSSR count). The van der Waals surface area contributed by atoms with Crippen molar-refractivity contribution in [1.82, 2.24) is 5.32 Å². The molecule has 0 bridgehead atoms. The number of amides is 1. The first-order valence-corrected chi connectivity index (χ1v) is 13.6. The van der Waals surface area contributed by atoms with Gasteiger partial charge in [-0.1, -0.05) is 77.0 Å². The zero-order valence-electron chi connectivity index (χ0n) is 21.9. The molecular weight excluding hydrogens is 450 g/mol. The maximum absolute atomic E-state index is 12.1. The van der Waals surface area contributed by atoms with E-state index in [0.29, 0.717) is 25.9 Å². The summed E-state index contributed by atoms with van der Waals surface area (Å²) in [5.74, 6) is -2.06. The topological polar surface area (TPSA) is 130 Å². The molecule has 0 aromatic heterocycles. The highest BCUT2D eigenvalue weighted by molar-refractivity contribution is 5.84. The SMILES string of the molecule is COCCCC(=O)CC[C@H](NC(=O)CCCCCCCCCCCCCCCCC(=O)O)C(=O)O. The van der Waals surface area contributed by atoms with Crippen molar-refractivity contribution in [2.45, 2.75) is 134 Å². The molecule has 0 aromatic carbocycles. The fourth-order valence-corrected chi connectivity index (χ4v) is 4.05. The van der Waals surface area contributed by atoms with Crippen molar-refractivity contribution in [3.8, 4) is 0 Å². The molecule has 0 aliphatic carbocycles. The molecule has 1 amide bonds. The van der Waals surface area contributed by atoms with Gasteiger partial charge in [0.2, 0.25) is 5.91 Å². The third-order valence-electron chi connectivity index (χ3n) is 6.19. The van der Waals surface area contributed by atoms with Gasteiger partial charge in [0.05, 0.1) is 0 Å². The maximum Gasteiger partial charge on any atom is 0.326 e. The van der Waals surface area contributed by atoms with Gasteiger partial charge in [-0.25, -0.2) is 4.79 Å². The zero-order chi connectivity index (χ0) is 26.2. The molecule has 0 spiro atoms. The molecule has 35 heavy (non-hydrogen) atoms. The molecular formula is C27H49NO7. The number of hydrogen-bond acceptors (Lipinski definition) is 5. The Kier molecular flexibility index (Phi) is 22.4. The lowest BCUT2D eigenvalue weighted by molar-refractivity contribution is -0.142. The molecule has 0 saturated carbocycles. The van der Waals surface area contributed by atoms with Crippen LogP contribution < -0.4 is 5.32 Å². The third kappa shape index (κ3) is 23.5. The van der Waals surface area contributed by atoms with Crippen molar-refractivity contribution >= 4 is 23.6 Å². The molecule has 0 fully saturated rings. The Morgan fingerprint density at radius 1 is 0.629 bits per heavy atom. The van der Waals surface area contributed by atoms with Gasteiger partial charge in [-0.2, -0.15) is 0 Å². The summed E-state index contributed by atoms with van der Waals surface area (Å²) in [5, 5.41) is 20.5. The molecule has 0 aliphatic rings. The minimum Gasteiger partial charge on any atom is -0.481 e.